The molecule has 0 bridgehead atoms. The molecule has 1 atom stereocenters. The molecular formula is C24H18F5NO5S. The fourth-order valence-corrected chi connectivity index (χ4v) is 5.37. The lowest BCUT2D eigenvalue weighted by atomic mass is 10.0. The zero-order valence-corrected chi connectivity index (χ0v) is 19.1. The predicted molar refractivity (Wildman–Crippen MR) is 119 cm³/mol. The van der Waals surface area contributed by atoms with Crippen LogP contribution < -0.4 is 9.04 Å². The Morgan fingerprint density at radius 2 is 1.78 bits per heavy atom. The van der Waals surface area contributed by atoms with Gasteiger partial charge >= 0.3 is 12.1 Å². The van der Waals surface area contributed by atoms with Crippen molar-refractivity contribution in [2.75, 3.05) is 10.8 Å². The van der Waals surface area contributed by atoms with E-state index in [1.807, 2.05) is 0 Å². The maximum absolute atomic E-state index is 14.4. The van der Waals surface area contributed by atoms with E-state index in [1.165, 1.54) is 30.3 Å². The first-order valence-corrected chi connectivity index (χ1v) is 12.0. The van der Waals surface area contributed by atoms with Gasteiger partial charge in [-0.15, -0.1) is 0 Å². The number of hydrogen-bond donors (Lipinski definition) is 1. The minimum absolute atomic E-state index is 0.00671. The second kappa shape index (κ2) is 9.41. The number of aliphatic carboxylic acids is 1. The Labute approximate surface area is 202 Å². The molecule has 190 valence electrons. The first-order chi connectivity index (χ1) is 16.9. The molecule has 0 radical (unpaired) electrons. The maximum atomic E-state index is 14.4. The number of carbonyl (C=O) groups is 1. The average molecular weight is 527 g/mol. The summed E-state index contributed by atoms with van der Waals surface area (Å²) in [5.74, 6) is -3.44. The Morgan fingerprint density at radius 3 is 2.47 bits per heavy atom. The van der Waals surface area contributed by atoms with Crippen molar-refractivity contribution in [3.05, 3.63) is 77.9 Å². The van der Waals surface area contributed by atoms with Crippen LogP contribution in [0.15, 0.2) is 65.6 Å². The van der Waals surface area contributed by atoms with Crippen molar-refractivity contribution >= 4 is 21.7 Å². The number of ether oxygens (including phenoxy) is 1. The summed E-state index contributed by atoms with van der Waals surface area (Å²) in [7, 11) is -4.61. The molecule has 0 saturated heterocycles. The predicted octanol–water partition coefficient (Wildman–Crippen LogP) is 5.47. The first-order valence-electron chi connectivity index (χ1n) is 10.5. The number of sulfonamides is 1. The topological polar surface area (TPSA) is 83.9 Å². The van der Waals surface area contributed by atoms with Gasteiger partial charge in [-0.25, -0.2) is 17.2 Å². The van der Waals surface area contributed by atoms with Gasteiger partial charge in [-0.3, -0.25) is 9.10 Å². The van der Waals surface area contributed by atoms with Gasteiger partial charge in [0, 0.05) is 12.0 Å². The quantitative estimate of drug-likeness (QED) is 0.430. The number of halogens is 5. The van der Waals surface area contributed by atoms with Gasteiger partial charge in [-0.05, 0) is 48.4 Å². The molecule has 0 fully saturated rings. The van der Waals surface area contributed by atoms with Crippen LogP contribution in [-0.4, -0.2) is 32.1 Å². The van der Waals surface area contributed by atoms with Gasteiger partial charge in [0.15, 0.2) is 11.6 Å². The summed E-state index contributed by atoms with van der Waals surface area (Å²) in [5, 5.41) is 9.00. The molecule has 0 amide bonds. The highest BCUT2D eigenvalue weighted by Crippen LogP contribution is 2.41. The highest BCUT2D eigenvalue weighted by Gasteiger charge is 2.37. The van der Waals surface area contributed by atoms with Gasteiger partial charge in [0.2, 0.25) is 0 Å². The highest BCUT2D eigenvalue weighted by atomic mass is 32.2. The van der Waals surface area contributed by atoms with E-state index in [0.717, 1.165) is 28.6 Å². The fourth-order valence-electron chi connectivity index (χ4n) is 3.83. The number of carboxylic acid groups (broad SMARTS) is 1. The zero-order valence-electron chi connectivity index (χ0n) is 18.3. The molecule has 1 aliphatic rings. The molecule has 0 spiro atoms. The van der Waals surface area contributed by atoms with Crippen molar-refractivity contribution in [1.29, 1.82) is 0 Å². The number of rotatable bonds is 6. The SMILES string of the molecule is O=C(O)CCC1CN(S(=O)(=O)c2cccc(C(F)(F)F)c2)c2cc(-c3cccc(F)c3F)ccc2O1. The van der Waals surface area contributed by atoms with E-state index in [1.54, 1.807) is 0 Å². The Bertz CT molecular complexity index is 1420. The number of fused-ring (bicyclic) bond motifs is 1. The van der Waals surface area contributed by atoms with Gasteiger partial charge in [-0.1, -0.05) is 24.3 Å². The van der Waals surface area contributed by atoms with Crippen molar-refractivity contribution in [2.45, 2.75) is 30.0 Å². The molecule has 0 aromatic heterocycles. The Morgan fingerprint density at radius 1 is 1.06 bits per heavy atom. The molecule has 0 saturated carbocycles. The molecule has 0 aliphatic carbocycles. The summed E-state index contributed by atoms with van der Waals surface area (Å²) in [6, 6.07) is 10.6. The van der Waals surface area contributed by atoms with Crippen LogP contribution in [0, 0.1) is 11.6 Å². The number of anilines is 1. The van der Waals surface area contributed by atoms with Crippen LogP contribution in [-0.2, 0) is 21.0 Å². The van der Waals surface area contributed by atoms with E-state index >= 15 is 0 Å². The van der Waals surface area contributed by atoms with Crippen molar-refractivity contribution in [2.24, 2.45) is 0 Å². The summed E-state index contributed by atoms with van der Waals surface area (Å²) in [4.78, 5) is 10.4. The molecule has 1 aliphatic heterocycles. The molecular weight excluding hydrogens is 509 g/mol. The normalized spacial score (nSPS) is 15.8. The van der Waals surface area contributed by atoms with Crippen LogP contribution in [0.2, 0.25) is 0 Å². The average Bonchev–Trinajstić information content (AvgIpc) is 2.83. The van der Waals surface area contributed by atoms with Crippen LogP contribution in [0.4, 0.5) is 27.6 Å². The zero-order chi connectivity index (χ0) is 26.3. The second-order valence-electron chi connectivity index (χ2n) is 8.02. The van der Waals surface area contributed by atoms with Crippen molar-refractivity contribution in [3.63, 3.8) is 0 Å². The third-order valence-corrected chi connectivity index (χ3v) is 7.36. The lowest BCUT2D eigenvalue weighted by molar-refractivity contribution is -0.138. The van der Waals surface area contributed by atoms with Crippen LogP contribution >= 0.6 is 0 Å². The number of benzene rings is 3. The Hall–Kier alpha value is -3.67. The first kappa shape index (κ1) is 25.4. The second-order valence-corrected chi connectivity index (χ2v) is 9.88. The molecule has 36 heavy (non-hydrogen) atoms. The Kier molecular flexibility index (Phi) is 6.65. The van der Waals surface area contributed by atoms with Crippen molar-refractivity contribution in [1.82, 2.24) is 0 Å². The molecule has 4 rings (SSSR count). The minimum atomic E-state index is -4.79. The van der Waals surface area contributed by atoms with E-state index < -0.39 is 56.9 Å². The summed E-state index contributed by atoms with van der Waals surface area (Å²) < 4.78 is 102. The summed E-state index contributed by atoms with van der Waals surface area (Å²) in [6.45, 7) is -0.409. The van der Waals surface area contributed by atoms with E-state index in [-0.39, 0.29) is 35.4 Å². The van der Waals surface area contributed by atoms with E-state index in [4.69, 9.17) is 9.84 Å². The maximum Gasteiger partial charge on any atom is 0.416 e. The highest BCUT2D eigenvalue weighted by molar-refractivity contribution is 7.92. The third kappa shape index (κ3) is 4.99. The van der Waals surface area contributed by atoms with Crippen molar-refractivity contribution < 1.29 is 45.0 Å². The molecule has 1 heterocycles. The summed E-state index contributed by atoms with van der Waals surface area (Å²) >= 11 is 0. The number of carboxylic acids is 1. The van der Waals surface area contributed by atoms with E-state index in [2.05, 4.69) is 0 Å². The fraction of sp³-hybridized carbons (Fsp3) is 0.208. The van der Waals surface area contributed by atoms with E-state index in [0.29, 0.717) is 6.07 Å². The van der Waals surface area contributed by atoms with Gasteiger partial charge < -0.3 is 9.84 Å². The van der Waals surface area contributed by atoms with Crippen LogP contribution in [0.3, 0.4) is 0 Å². The number of nitrogens with zero attached hydrogens (tertiary/aromatic N) is 1. The molecule has 12 heteroatoms. The lowest BCUT2D eigenvalue weighted by Gasteiger charge is -2.36. The van der Waals surface area contributed by atoms with E-state index in [9.17, 15) is 35.2 Å². The van der Waals surface area contributed by atoms with Crippen LogP contribution in [0.5, 0.6) is 5.75 Å². The molecule has 3 aromatic carbocycles. The largest absolute Gasteiger partial charge is 0.486 e. The van der Waals surface area contributed by atoms with Gasteiger partial charge in [0.1, 0.15) is 11.9 Å². The van der Waals surface area contributed by atoms with Gasteiger partial charge in [-0.2, -0.15) is 13.2 Å². The molecule has 3 aromatic rings. The number of alkyl halides is 3. The molecule has 1 unspecified atom stereocenters. The van der Waals surface area contributed by atoms with Crippen LogP contribution in [0.25, 0.3) is 11.1 Å². The molecule has 6 nitrogen and oxygen atoms in total. The summed E-state index contributed by atoms with van der Waals surface area (Å²) in [6.07, 6.45) is -6.14. The smallest absolute Gasteiger partial charge is 0.416 e. The third-order valence-electron chi connectivity index (χ3n) is 5.58. The lowest BCUT2D eigenvalue weighted by Crippen LogP contribution is -2.43. The monoisotopic (exact) mass is 527 g/mol. The standard InChI is InChI=1S/C24H18F5NO5S/c25-19-6-2-5-18(23(19)26)14-7-9-21-20(11-14)30(13-16(35-21)8-10-22(31)32)36(33,34)17-4-1-3-15(12-17)24(27,28)29/h1-7,9,11-12,16H,8,10,13H2,(H,31,32). The van der Waals surface area contributed by atoms with Gasteiger partial charge in [0.05, 0.1) is 22.7 Å². The number of hydrogen-bond acceptors (Lipinski definition) is 4. The molecule has 1 N–H and O–H groups in total. The minimum Gasteiger partial charge on any atom is -0.486 e. The van der Waals surface area contributed by atoms with Crippen LogP contribution in [0.1, 0.15) is 18.4 Å². The van der Waals surface area contributed by atoms with Gasteiger partial charge in [0.25, 0.3) is 10.0 Å². The van der Waals surface area contributed by atoms with Crippen molar-refractivity contribution in [3.8, 4) is 16.9 Å². The Balaban J connectivity index is 1.83. The summed E-state index contributed by atoms with van der Waals surface area (Å²) in [5.41, 5.74) is -1.35.